The Bertz CT molecular complexity index is 840. The fourth-order valence-corrected chi connectivity index (χ4v) is 2.32. The fourth-order valence-electron chi connectivity index (χ4n) is 2.32. The highest BCUT2D eigenvalue weighted by Gasteiger charge is 2.21. The minimum Gasteiger partial charge on any atom is -0.368 e. The molecule has 2 rings (SSSR count). The van der Waals surface area contributed by atoms with Gasteiger partial charge in [0.2, 0.25) is 17.6 Å². The number of nitrogens with two attached hydrogens (primary N) is 1. The van der Waals surface area contributed by atoms with Crippen LogP contribution >= 0.6 is 0 Å². The molecule has 3 N–H and O–H groups in total. The van der Waals surface area contributed by atoms with Gasteiger partial charge in [0.1, 0.15) is 11.9 Å². The van der Waals surface area contributed by atoms with Crippen LogP contribution < -0.4 is 11.1 Å². The summed E-state index contributed by atoms with van der Waals surface area (Å²) in [5.41, 5.74) is 5.33. The summed E-state index contributed by atoms with van der Waals surface area (Å²) in [5.74, 6) is -2.82. The topological polar surface area (TPSA) is 115 Å². The van der Waals surface area contributed by atoms with E-state index in [9.17, 15) is 28.5 Å². The van der Waals surface area contributed by atoms with Crippen molar-refractivity contribution in [1.29, 1.82) is 0 Å². The number of nitro benzene ring substituents is 1. The molecule has 0 heterocycles. The third kappa shape index (κ3) is 5.07. The van der Waals surface area contributed by atoms with Crippen LogP contribution in [0.4, 0.5) is 14.5 Å². The lowest BCUT2D eigenvalue weighted by atomic mass is 10.0. The van der Waals surface area contributed by atoms with E-state index in [1.165, 1.54) is 30.3 Å². The summed E-state index contributed by atoms with van der Waals surface area (Å²) in [6.45, 7) is 0. The van der Waals surface area contributed by atoms with Gasteiger partial charge in [-0.15, -0.1) is 0 Å². The van der Waals surface area contributed by atoms with E-state index in [4.69, 9.17) is 5.73 Å². The van der Waals surface area contributed by atoms with E-state index in [2.05, 4.69) is 5.32 Å². The number of rotatable bonds is 7. The lowest BCUT2D eigenvalue weighted by Gasteiger charge is -2.15. The van der Waals surface area contributed by atoms with Crippen LogP contribution in [0, 0.1) is 21.7 Å². The monoisotopic (exact) mass is 363 g/mol. The normalized spacial score (nSPS) is 11.6. The minimum atomic E-state index is -1.13. The summed E-state index contributed by atoms with van der Waals surface area (Å²) < 4.78 is 26.2. The summed E-state index contributed by atoms with van der Waals surface area (Å²) in [5, 5.41) is 13.2. The number of carbonyl (C=O) groups excluding carboxylic acids is 2. The molecule has 2 amide bonds. The summed E-state index contributed by atoms with van der Waals surface area (Å²) in [6, 6.07) is 7.29. The number of halogens is 2. The molecule has 0 saturated carbocycles. The number of nitrogens with zero attached hydrogens (tertiary/aromatic N) is 1. The number of nitrogens with one attached hydrogen (secondary N) is 1. The van der Waals surface area contributed by atoms with Gasteiger partial charge in [-0.05, 0) is 29.3 Å². The first-order valence-electron chi connectivity index (χ1n) is 7.52. The Morgan fingerprint density at radius 1 is 1.12 bits per heavy atom. The predicted molar refractivity (Wildman–Crippen MR) is 88.0 cm³/mol. The Morgan fingerprint density at radius 2 is 1.73 bits per heavy atom. The second-order valence-corrected chi connectivity index (χ2v) is 5.57. The average Bonchev–Trinajstić information content (AvgIpc) is 2.57. The van der Waals surface area contributed by atoms with E-state index in [-0.39, 0.29) is 18.4 Å². The van der Waals surface area contributed by atoms with Crippen LogP contribution in [0.5, 0.6) is 0 Å². The molecule has 1 atom stereocenters. The van der Waals surface area contributed by atoms with Gasteiger partial charge < -0.3 is 11.1 Å². The molecule has 0 saturated heterocycles. The average molecular weight is 363 g/mol. The Morgan fingerprint density at radius 3 is 2.31 bits per heavy atom. The Labute approximate surface area is 147 Å². The zero-order chi connectivity index (χ0) is 19.3. The van der Waals surface area contributed by atoms with E-state index in [0.29, 0.717) is 5.56 Å². The van der Waals surface area contributed by atoms with E-state index in [1.54, 1.807) is 0 Å². The lowest BCUT2D eigenvalue weighted by molar-refractivity contribution is -0.387. The SMILES string of the molecule is NC(=O)[C@@H](Cc1ccc(F)c([N+](=O)[O-])c1)NC(=O)Cc1ccc(F)cc1. The molecule has 0 fully saturated rings. The Balaban J connectivity index is 2.08. The number of carbonyl (C=O) groups is 2. The summed E-state index contributed by atoms with van der Waals surface area (Å²) in [7, 11) is 0. The minimum absolute atomic E-state index is 0.104. The van der Waals surface area contributed by atoms with Crippen molar-refractivity contribution >= 4 is 17.5 Å². The van der Waals surface area contributed by atoms with Crippen molar-refractivity contribution in [1.82, 2.24) is 5.32 Å². The number of benzene rings is 2. The van der Waals surface area contributed by atoms with Crippen molar-refractivity contribution in [3.8, 4) is 0 Å². The van der Waals surface area contributed by atoms with Crippen molar-refractivity contribution in [3.05, 3.63) is 75.3 Å². The Hall–Kier alpha value is -3.36. The van der Waals surface area contributed by atoms with Gasteiger partial charge in [-0.1, -0.05) is 18.2 Å². The van der Waals surface area contributed by atoms with E-state index >= 15 is 0 Å². The fraction of sp³-hybridized carbons (Fsp3) is 0.176. The lowest BCUT2D eigenvalue weighted by Crippen LogP contribution is -2.46. The van der Waals surface area contributed by atoms with Crippen LogP contribution in [-0.2, 0) is 22.4 Å². The first-order valence-corrected chi connectivity index (χ1v) is 7.52. The maximum atomic E-state index is 13.4. The van der Waals surface area contributed by atoms with Crippen LogP contribution in [0.3, 0.4) is 0 Å². The first kappa shape index (κ1) is 19.0. The molecule has 0 radical (unpaired) electrons. The van der Waals surface area contributed by atoms with Crippen LogP contribution in [0.15, 0.2) is 42.5 Å². The highest BCUT2D eigenvalue weighted by molar-refractivity contribution is 5.87. The van der Waals surface area contributed by atoms with Gasteiger partial charge in [0.05, 0.1) is 11.3 Å². The third-order valence-electron chi connectivity index (χ3n) is 3.60. The molecule has 0 aromatic heterocycles. The van der Waals surface area contributed by atoms with Crippen LogP contribution in [0.1, 0.15) is 11.1 Å². The third-order valence-corrected chi connectivity index (χ3v) is 3.60. The molecule has 2 aromatic rings. The van der Waals surface area contributed by atoms with Crippen LogP contribution in [0.25, 0.3) is 0 Å². The second-order valence-electron chi connectivity index (χ2n) is 5.57. The van der Waals surface area contributed by atoms with Crippen molar-refractivity contribution in [2.45, 2.75) is 18.9 Å². The molecule has 7 nitrogen and oxygen atoms in total. The molecular formula is C17H15F2N3O4. The molecule has 0 aliphatic carbocycles. The second kappa shape index (κ2) is 8.15. The predicted octanol–water partition coefficient (Wildman–Crippen LogP) is 1.63. The standard InChI is InChI=1S/C17H15F2N3O4/c18-12-4-1-10(2-5-12)9-16(23)21-14(17(20)24)7-11-3-6-13(19)15(8-11)22(25)26/h1-6,8,14H,7,9H2,(H2,20,24)(H,21,23)/t14-/m1/s1. The molecule has 0 unspecified atom stereocenters. The largest absolute Gasteiger partial charge is 0.368 e. The van der Waals surface area contributed by atoms with Gasteiger partial charge in [-0.25, -0.2) is 4.39 Å². The van der Waals surface area contributed by atoms with Crippen molar-refractivity contribution < 1.29 is 23.3 Å². The Kier molecular flexibility index (Phi) is 5.94. The molecule has 0 aliphatic heterocycles. The maximum Gasteiger partial charge on any atom is 0.305 e. The summed E-state index contributed by atoms with van der Waals surface area (Å²) >= 11 is 0. The number of hydrogen-bond acceptors (Lipinski definition) is 4. The highest BCUT2D eigenvalue weighted by atomic mass is 19.1. The molecule has 136 valence electrons. The maximum absolute atomic E-state index is 13.4. The molecule has 0 bridgehead atoms. The number of hydrogen-bond donors (Lipinski definition) is 2. The van der Waals surface area contributed by atoms with E-state index < -0.39 is 40.1 Å². The van der Waals surface area contributed by atoms with Gasteiger partial charge in [0, 0.05) is 12.5 Å². The molecule has 26 heavy (non-hydrogen) atoms. The summed E-state index contributed by atoms with van der Waals surface area (Å²) in [6.07, 6.45) is -0.237. The van der Waals surface area contributed by atoms with Gasteiger partial charge in [0.25, 0.3) is 0 Å². The van der Waals surface area contributed by atoms with Crippen molar-refractivity contribution in [2.24, 2.45) is 5.73 Å². The molecule has 9 heteroatoms. The smallest absolute Gasteiger partial charge is 0.305 e. The first-order chi connectivity index (χ1) is 12.3. The van der Waals surface area contributed by atoms with Gasteiger partial charge in [0.15, 0.2) is 0 Å². The van der Waals surface area contributed by atoms with Crippen molar-refractivity contribution in [3.63, 3.8) is 0 Å². The number of amides is 2. The van der Waals surface area contributed by atoms with E-state index in [1.807, 2.05) is 0 Å². The zero-order valence-electron chi connectivity index (χ0n) is 13.4. The molecular weight excluding hydrogens is 348 g/mol. The van der Waals surface area contributed by atoms with E-state index in [0.717, 1.165) is 12.1 Å². The molecule has 2 aromatic carbocycles. The number of nitro groups is 1. The van der Waals surface area contributed by atoms with Gasteiger partial charge in [-0.3, -0.25) is 19.7 Å². The molecule has 0 aliphatic rings. The van der Waals surface area contributed by atoms with Gasteiger partial charge in [-0.2, -0.15) is 4.39 Å². The molecule has 0 spiro atoms. The van der Waals surface area contributed by atoms with Gasteiger partial charge >= 0.3 is 5.69 Å². The van der Waals surface area contributed by atoms with Crippen LogP contribution in [-0.4, -0.2) is 22.8 Å². The summed E-state index contributed by atoms with van der Waals surface area (Å²) in [4.78, 5) is 33.5. The zero-order valence-corrected chi connectivity index (χ0v) is 13.4. The highest BCUT2D eigenvalue weighted by Crippen LogP contribution is 2.19. The number of primary amides is 1. The van der Waals surface area contributed by atoms with Crippen molar-refractivity contribution in [2.75, 3.05) is 0 Å². The quantitative estimate of drug-likeness (QED) is 0.574. The van der Waals surface area contributed by atoms with Crippen LogP contribution in [0.2, 0.25) is 0 Å².